The number of nitrogens with one attached hydrogen (secondary N) is 1. The van der Waals surface area contributed by atoms with Gasteiger partial charge >= 0.3 is 5.97 Å². The molecule has 1 aliphatic heterocycles. The van der Waals surface area contributed by atoms with E-state index in [0.29, 0.717) is 53.9 Å². The van der Waals surface area contributed by atoms with E-state index in [1.165, 1.54) is 6.92 Å². The predicted molar refractivity (Wildman–Crippen MR) is 142 cm³/mol. The van der Waals surface area contributed by atoms with Gasteiger partial charge in [0.1, 0.15) is 11.7 Å². The highest BCUT2D eigenvalue weighted by Crippen LogP contribution is 2.30. The fourth-order valence-electron chi connectivity index (χ4n) is 5.46. The van der Waals surface area contributed by atoms with Gasteiger partial charge in [0.2, 0.25) is 17.7 Å². The molecule has 2 heterocycles. The second-order valence-electron chi connectivity index (χ2n) is 10.4. The molecule has 3 aromatic rings. The van der Waals surface area contributed by atoms with Crippen molar-refractivity contribution in [1.29, 1.82) is 0 Å². The van der Waals surface area contributed by atoms with E-state index >= 15 is 0 Å². The Kier molecular flexibility index (Phi) is 7.92. The number of anilines is 1. The van der Waals surface area contributed by atoms with Crippen LogP contribution >= 0.6 is 0 Å². The molecule has 2 aliphatic rings. The molecular weight excluding hydrogens is 505 g/mol. The van der Waals surface area contributed by atoms with Gasteiger partial charge in [-0.05, 0) is 61.6 Å². The fourth-order valence-corrected chi connectivity index (χ4v) is 5.46. The summed E-state index contributed by atoms with van der Waals surface area (Å²) in [7, 11) is 0. The second kappa shape index (κ2) is 11.5. The quantitative estimate of drug-likeness (QED) is 0.431. The Morgan fingerprint density at radius 1 is 1.15 bits per heavy atom. The maximum absolute atomic E-state index is 14.3. The molecule has 1 saturated carbocycles. The summed E-state index contributed by atoms with van der Waals surface area (Å²) in [6.45, 7) is 1.73. The van der Waals surface area contributed by atoms with Crippen molar-refractivity contribution in [1.82, 2.24) is 9.88 Å². The molecule has 5 rings (SSSR count). The summed E-state index contributed by atoms with van der Waals surface area (Å²) in [6, 6.07) is 12.2. The number of carbonyl (C=O) groups is 3. The number of carboxylic acid groups (broad SMARTS) is 1. The lowest BCUT2D eigenvalue weighted by molar-refractivity contribution is -0.144. The lowest BCUT2D eigenvalue weighted by Gasteiger charge is -2.29. The highest BCUT2D eigenvalue weighted by Gasteiger charge is 2.36. The average Bonchev–Trinajstić information content (AvgIpc) is 3.50. The first-order chi connectivity index (χ1) is 18.7. The highest BCUT2D eigenvalue weighted by molar-refractivity contribution is 5.89. The molecule has 0 radical (unpaired) electrons. The Morgan fingerprint density at radius 3 is 2.69 bits per heavy atom. The molecule has 2 amide bonds. The van der Waals surface area contributed by atoms with Crippen LogP contribution in [0, 0.1) is 5.92 Å². The van der Waals surface area contributed by atoms with E-state index in [0.717, 1.165) is 5.56 Å². The number of fused-ring (bicyclic) bond motifs is 1. The van der Waals surface area contributed by atoms with Crippen LogP contribution < -0.4 is 5.32 Å². The van der Waals surface area contributed by atoms with E-state index in [2.05, 4.69) is 10.3 Å². The van der Waals surface area contributed by atoms with Crippen molar-refractivity contribution in [2.24, 2.45) is 5.92 Å². The Morgan fingerprint density at radius 2 is 1.95 bits per heavy atom. The molecule has 9 nitrogen and oxygen atoms in total. The third kappa shape index (κ3) is 6.44. The Labute approximate surface area is 225 Å². The summed E-state index contributed by atoms with van der Waals surface area (Å²) in [5.41, 5.74) is 3.25. The molecular formula is C29H32FN3O6. The van der Waals surface area contributed by atoms with Crippen molar-refractivity contribution in [2.45, 2.75) is 63.8 Å². The van der Waals surface area contributed by atoms with Crippen LogP contribution in [-0.2, 0) is 25.5 Å². The first-order valence-electron chi connectivity index (χ1n) is 13.3. The number of likely N-dealkylation sites (tertiary alicyclic amines) is 1. The average molecular weight is 538 g/mol. The van der Waals surface area contributed by atoms with E-state index in [9.17, 15) is 23.9 Å². The van der Waals surface area contributed by atoms with Gasteiger partial charge in [-0.3, -0.25) is 14.4 Å². The number of oxazole rings is 1. The van der Waals surface area contributed by atoms with Crippen LogP contribution in [-0.4, -0.2) is 64.2 Å². The predicted octanol–water partition coefficient (Wildman–Crippen LogP) is 4.59. The molecule has 39 heavy (non-hydrogen) atoms. The fraction of sp³-hybridized carbons (Fsp3) is 0.448. The maximum atomic E-state index is 14.3. The number of rotatable bonds is 8. The Balaban J connectivity index is 1.22. The van der Waals surface area contributed by atoms with Crippen LogP contribution in [0.4, 0.5) is 10.1 Å². The van der Waals surface area contributed by atoms with Crippen LogP contribution in [0.1, 0.15) is 44.6 Å². The second-order valence-corrected chi connectivity index (χ2v) is 10.4. The molecule has 2 fully saturated rings. The molecule has 1 aliphatic carbocycles. The zero-order valence-electron chi connectivity index (χ0n) is 21.8. The number of halogens is 1. The lowest BCUT2D eigenvalue weighted by atomic mass is 9.87. The molecule has 2 atom stereocenters. The summed E-state index contributed by atoms with van der Waals surface area (Å²) in [5, 5.41) is 11.9. The van der Waals surface area contributed by atoms with E-state index < -0.39 is 12.1 Å². The molecule has 2 N–H and O–H groups in total. The summed E-state index contributed by atoms with van der Waals surface area (Å²) in [5.74, 6) is -1.04. The van der Waals surface area contributed by atoms with E-state index in [4.69, 9.17) is 9.15 Å². The summed E-state index contributed by atoms with van der Waals surface area (Å²) in [6.07, 6.45) is 1.64. The van der Waals surface area contributed by atoms with Gasteiger partial charge in [-0.2, -0.15) is 0 Å². The molecule has 2 aromatic carbocycles. The van der Waals surface area contributed by atoms with E-state index in [1.807, 2.05) is 12.1 Å². The monoisotopic (exact) mass is 537 g/mol. The lowest BCUT2D eigenvalue weighted by Crippen LogP contribution is -2.40. The first-order valence-corrected chi connectivity index (χ1v) is 13.3. The zero-order chi connectivity index (χ0) is 27.5. The Hall–Kier alpha value is -3.79. The van der Waals surface area contributed by atoms with Gasteiger partial charge in [-0.1, -0.05) is 12.1 Å². The number of carboxylic acids is 1. The number of carbonyl (C=O) groups excluding carboxylic acids is 2. The van der Waals surface area contributed by atoms with Crippen molar-refractivity contribution in [3.05, 3.63) is 48.0 Å². The number of ether oxygens (including phenoxy) is 1. The maximum Gasteiger partial charge on any atom is 0.306 e. The minimum absolute atomic E-state index is 0.0396. The minimum atomic E-state index is -1.10. The van der Waals surface area contributed by atoms with Gasteiger partial charge in [0.25, 0.3) is 0 Å². The number of benzene rings is 2. The van der Waals surface area contributed by atoms with Gasteiger partial charge in [0, 0.05) is 24.6 Å². The minimum Gasteiger partial charge on any atom is -0.481 e. The zero-order valence-corrected chi connectivity index (χ0v) is 21.8. The standard InChI is InChI=1S/C29H32FN3O6/c1-17(34)31-22-4-2-3-20(13-22)28-32-25-10-5-18(11-26(25)39-28)12-27(35)33-15-21(30)14-23(33)16-38-24-8-6-19(7-9-24)29(36)37/h2-5,10-11,13,19,21,23-24H,6-9,12,14-16H2,1H3,(H,31,34)(H,36,37)/t19-,21-,23-,24-/m0/s1. The van der Waals surface area contributed by atoms with Crippen molar-refractivity contribution in [3.63, 3.8) is 0 Å². The molecule has 206 valence electrons. The number of aromatic nitrogens is 1. The summed E-state index contributed by atoms with van der Waals surface area (Å²) in [4.78, 5) is 41.8. The van der Waals surface area contributed by atoms with Crippen LogP contribution in [0.5, 0.6) is 0 Å². The summed E-state index contributed by atoms with van der Waals surface area (Å²) >= 11 is 0. The number of nitrogens with zero attached hydrogens (tertiary/aromatic N) is 2. The van der Waals surface area contributed by atoms with Crippen LogP contribution in [0.25, 0.3) is 22.6 Å². The van der Waals surface area contributed by atoms with Gasteiger partial charge in [-0.25, -0.2) is 9.37 Å². The number of hydrogen-bond acceptors (Lipinski definition) is 6. The topological polar surface area (TPSA) is 122 Å². The first kappa shape index (κ1) is 26.8. The number of aliphatic carboxylic acids is 1. The number of hydrogen-bond donors (Lipinski definition) is 2. The molecule has 0 unspecified atom stereocenters. The van der Waals surface area contributed by atoms with Crippen LogP contribution in [0.3, 0.4) is 0 Å². The smallest absolute Gasteiger partial charge is 0.306 e. The summed E-state index contributed by atoms with van der Waals surface area (Å²) < 4.78 is 26.3. The molecule has 10 heteroatoms. The van der Waals surface area contributed by atoms with Crippen molar-refractivity contribution in [3.8, 4) is 11.5 Å². The largest absolute Gasteiger partial charge is 0.481 e. The van der Waals surface area contributed by atoms with Crippen molar-refractivity contribution < 1.29 is 33.0 Å². The highest BCUT2D eigenvalue weighted by atomic mass is 19.1. The SMILES string of the molecule is CC(=O)Nc1cccc(-c2nc3ccc(CC(=O)N4C[C@@H](F)C[C@H]4CO[C@H]4CC[C@H](C(=O)O)CC4)cc3o2)c1. The van der Waals surface area contributed by atoms with Gasteiger partial charge in [0.15, 0.2) is 5.58 Å². The van der Waals surface area contributed by atoms with Gasteiger partial charge < -0.3 is 24.5 Å². The van der Waals surface area contributed by atoms with E-state index in [1.54, 1.807) is 35.2 Å². The van der Waals surface area contributed by atoms with Crippen molar-refractivity contribution >= 4 is 34.6 Å². The van der Waals surface area contributed by atoms with E-state index in [-0.39, 0.29) is 55.9 Å². The molecule has 1 saturated heterocycles. The molecule has 0 spiro atoms. The third-order valence-electron chi connectivity index (χ3n) is 7.47. The van der Waals surface area contributed by atoms with Crippen LogP contribution in [0.2, 0.25) is 0 Å². The third-order valence-corrected chi connectivity index (χ3v) is 7.47. The van der Waals surface area contributed by atoms with Gasteiger partial charge in [-0.15, -0.1) is 0 Å². The Bertz CT molecular complexity index is 1370. The molecule has 0 bridgehead atoms. The van der Waals surface area contributed by atoms with Gasteiger partial charge in [0.05, 0.1) is 37.6 Å². The number of alkyl halides is 1. The normalized spacial score (nSPS) is 23.2. The number of amides is 2. The van der Waals surface area contributed by atoms with Crippen molar-refractivity contribution in [2.75, 3.05) is 18.5 Å². The van der Waals surface area contributed by atoms with Crippen LogP contribution in [0.15, 0.2) is 46.9 Å². The molecule has 1 aromatic heterocycles.